The molecule has 0 aliphatic rings. The minimum atomic E-state index is 0.262. The van der Waals surface area contributed by atoms with Crippen LogP contribution in [0.5, 0.6) is 5.75 Å². The van der Waals surface area contributed by atoms with Gasteiger partial charge in [-0.05, 0) is 46.5 Å². The van der Waals surface area contributed by atoms with E-state index >= 15 is 0 Å². The fourth-order valence-corrected chi connectivity index (χ4v) is 5.73. The summed E-state index contributed by atoms with van der Waals surface area (Å²) in [5.74, 6) is 0.262. The van der Waals surface area contributed by atoms with Gasteiger partial charge in [0, 0.05) is 31.4 Å². The van der Waals surface area contributed by atoms with Crippen LogP contribution in [-0.2, 0) is 6.42 Å². The molecule has 0 aliphatic heterocycles. The molecule has 3 heteroatoms. The number of fused-ring (bicyclic) bond motifs is 1. The summed E-state index contributed by atoms with van der Waals surface area (Å²) >= 11 is 5.45. The van der Waals surface area contributed by atoms with Gasteiger partial charge < -0.3 is 5.11 Å². The highest BCUT2D eigenvalue weighted by molar-refractivity contribution is 9.10. The lowest BCUT2D eigenvalue weighted by Gasteiger charge is -2.09. The highest BCUT2D eigenvalue weighted by Gasteiger charge is 2.15. The molecule has 5 rings (SSSR count). The molecule has 1 aromatic heterocycles. The van der Waals surface area contributed by atoms with Crippen LogP contribution in [0.2, 0.25) is 0 Å². The van der Waals surface area contributed by atoms with Gasteiger partial charge in [0.2, 0.25) is 0 Å². The van der Waals surface area contributed by atoms with Gasteiger partial charge in [-0.3, -0.25) is 0 Å². The first-order chi connectivity index (χ1) is 14.7. The molecular formula is C27H19BrOS. The van der Waals surface area contributed by atoms with Crippen molar-refractivity contribution < 1.29 is 5.11 Å². The summed E-state index contributed by atoms with van der Waals surface area (Å²) < 4.78 is 2.21. The molecule has 1 nitrogen and oxygen atoms in total. The quantitative estimate of drug-likeness (QED) is 0.280. The van der Waals surface area contributed by atoms with Crippen LogP contribution in [0.1, 0.15) is 10.4 Å². The zero-order chi connectivity index (χ0) is 20.5. The Hall–Kier alpha value is -2.88. The van der Waals surface area contributed by atoms with E-state index in [1.165, 1.54) is 31.7 Å². The third-order valence-corrected chi connectivity index (χ3v) is 7.14. The maximum Gasteiger partial charge on any atom is 0.116 e. The minimum absolute atomic E-state index is 0.262. The lowest BCUT2D eigenvalue weighted by molar-refractivity contribution is 0.475. The molecule has 1 heterocycles. The molecule has 1 N–H and O–H groups in total. The Morgan fingerprint density at radius 2 is 1.43 bits per heavy atom. The SMILES string of the molecule is Oc1ccc(-c2ccc(-c3c(Cc4ccccc4)sc4ccccc34)cc2)c(Br)c1. The Bertz CT molecular complexity index is 1320. The van der Waals surface area contributed by atoms with Gasteiger partial charge in [0.25, 0.3) is 0 Å². The van der Waals surface area contributed by atoms with E-state index < -0.39 is 0 Å². The summed E-state index contributed by atoms with van der Waals surface area (Å²) in [5, 5.41) is 11.0. The van der Waals surface area contributed by atoms with E-state index in [0.29, 0.717) is 0 Å². The van der Waals surface area contributed by atoms with Crippen LogP contribution in [0, 0.1) is 0 Å². The average molecular weight is 471 g/mol. The monoisotopic (exact) mass is 470 g/mol. The molecule has 30 heavy (non-hydrogen) atoms. The topological polar surface area (TPSA) is 20.2 Å². The standard InChI is InChI=1S/C27H19BrOS/c28-24-17-21(29)14-15-22(24)19-10-12-20(13-11-19)27-23-8-4-5-9-25(23)30-26(27)16-18-6-2-1-3-7-18/h1-15,17,29H,16H2. The average Bonchev–Trinajstić information content (AvgIpc) is 3.12. The third-order valence-electron chi connectivity index (χ3n) is 5.31. The summed E-state index contributed by atoms with van der Waals surface area (Å²) in [7, 11) is 0. The number of benzene rings is 4. The molecule has 0 unspecified atom stereocenters. The zero-order valence-corrected chi connectivity index (χ0v) is 18.6. The third kappa shape index (κ3) is 3.67. The number of rotatable bonds is 4. The lowest BCUT2D eigenvalue weighted by atomic mass is 9.96. The Kier molecular flexibility index (Phi) is 5.16. The molecule has 0 fully saturated rings. The van der Waals surface area contributed by atoms with E-state index in [9.17, 15) is 5.11 Å². The molecule has 0 spiro atoms. The van der Waals surface area contributed by atoms with E-state index in [1.54, 1.807) is 12.1 Å². The smallest absolute Gasteiger partial charge is 0.116 e. The van der Waals surface area contributed by atoms with Gasteiger partial charge in [0.1, 0.15) is 5.75 Å². The number of aromatic hydroxyl groups is 1. The molecule has 0 saturated heterocycles. The fourth-order valence-electron chi connectivity index (χ4n) is 3.87. The number of phenolic OH excluding ortho intramolecular Hbond substituents is 1. The number of thiophene rings is 1. The molecule has 4 aromatic carbocycles. The minimum Gasteiger partial charge on any atom is -0.508 e. The van der Waals surface area contributed by atoms with Crippen LogP contribution >= 0.6 is 27.3 Å². The molecule has 146 valence electrons. The Balaban J connectivity index is 1.59. The molecular weight excluding hydrogens is 452 g/mol. The first-order valence-electron chi connectivity index (χ1n) is 9.83. The first-order valence-corrected chi connectivity index (χ1v) is 11.4. The second-order valence-electron chi connectivity index (χ2n) is 7.30. The number of phenols is 1. The number of hydrogen-bond donors (Lipinski definition) is 1. The van der Waals surface area contributed by atoms with Crippen LogP contribution < -0.4 is 0 Å². The van der Waals surface area contributed by atoms with Gasteiger partial charge in [-0.15, -0.1) is 11.3 Å². The Morgan fingerprint density at radius 1 is 0.733 bits per heavy atom. The molecule has 0 atom stereocenters. The maximum atomic E-state index is 9.68. The zero-order valence-electron chi connectivity index (χ0n) is 16.2. The second kappa shape index (κ2) is 8.10. The predicted molar refractivity (Wildman–Crippen MR) is 131 cm³/mol. The number of hydrogen-bond acceptors (Lipinski definition) is 2. The summed E-state index contributed by atoms with van der Waals surface area (Å²) in [4.78, 5) is 1.39. The van der Waals surface area contributed by atoms with Crippen LogP contribution in [0.4, 0.5) is 0 Å². The Labute approximate surface area is 188 Å². The van der Waals surface area contributed by atoms with Gasteiger partial charge in [-0.2, -0.15) is 0 Å². The Morgan fingerprint density at radius 3 is 2.20 bits per heavy atom. The molecule has 0 saturated carbocycles. The maximum absolute atomic E-state index is 9.68. The van der Waals surface area contributed by atoms with Crippen LogP contribution in [0.25, 0.3) is 32.3 Å². The fraction of sp³-hybridized carbons (Fsp3) is 0.0370. The summed E-state index contributed by atoms with van der Waals surface area (Å²) in [5.41, 5.74) is 6.08. The lowest BCUT2D eigenvalue weighted by Crippen LogP contribution is -1.88. The van der Waals surface area contributed by atoms with Crippen molar-refractivity contribution in [3.63, 3.8) is 0 Å². The van der Waals surface area contributed by atoms with E-state index in [-0.39, 0.29) is 5.75 Å². The van der Waals surface area contributed by atoms with Crippen LogP contribution in [0.3, 0.4) is 0 Å². The van der Waals surface area contributed by atoms with Crippen molar-refractivity contribution in [2.45, 2.75) is 6.42 Å². The van der Waals surface area contributed by atoms with E-state index in [1.807, 2.05) is 17.4 Å². The van der Waals surface area contributed by atoms with E-state index in [0.717, 1.165) is 22.0 Å². The van der Waals surface area contributed by atoms with Gasteiger partial charge in [-0.25, -0.2) is 0 Å². The van der Waals surface area contributed by atoms with Gasteiger partial charge in [0.05, 0.1) is 0 Å². The van der Waals surface area contributed by atoms with E-state index in [2.05, 4.69) is 94.8 Å². The van der Waals surface area contributed by atoms with E-state index in [4.69, 9.17) is 0 Å². The van der Waals surface area contributed by atoms with Crippen molar-refractivity contribution in [3.05, 3.63) is 112 Å². The first kappa shape index (κ1) is 19.1. The van der Waals surface area contributed by atoms with Crippen molar-refractivity contribution in [2.75, 3.05) is 0 Å². The summed E-state index contributed by atoms with van der Waals surface area (Å²) in [6.45, 7) is 0. The normalized spacial score (nSPS) is 11.1. The van der Waals surface area contributed by atoms with Gasteiger partial charge >= 0.3 is 0 Å². The van der Waals surface area contributed by atoms with Crippen LogP contribution in [-0.4, -0.2) is 5.11 Å². The highest BCUT2D eigenvalue weighted by atomic mass is 79.9. The molecule has 5 aromatic rings. The molecule has 0 amide bonds. The highest BCUT2D eigenvalue weighted by Crippen LogP contribution is 2.41. The predicted octanol–water partition coefficient (Wildman–Crippen LogP) is 8.29. The van der Waals surface area contributed by atoms with Crippen LogP contribution in [0.15, 0.2) is 102 Å². The van der Waals surface area contributed by atoms with Crippen molar-refractivity contribution in [1.29, 1.82) is 0 Å². The largest absolute Gasteiger partial charge is 0.508 e. The van der Waals surface area contributed by atoms with Crippen molar-refractivity contribution in [2.24, 2.45) is 0 Å². The van der Waals surface area contributed by atoms with Crippen molar-refractivity contribution >= 4 is 37.4 Å². The summed E-state index contributed by atoms with van der Waals surface area (Å²) in [6, 6.07) is 33.4. The van der Waals surface area contributed by atoms with Gasteiger partial charge in [-0.1, -0.05) is 88.7 Å². The van der Waals surface area contributed by atoms with Crippen molar-refractivity contribution in [1.82, 2.24) is 0 Å². The molecule has 0 bridgehead atoms. The van der Waals surface area contributed by atoms with Gasteiger partial charge in [0.15, 0.2) is 0 Å². The van der Waals surface area contributed by atoms with Crippen molar-refractivity contribution in [3.8, 4) is 28.0 Å². The summed E-state index contributed by atoms with van der Waals surface area (Å²) in [6.07, 6.45) is 0.931. The number of halogens is 1. The second-order valence-corrected chi connectivity index (χ2v) is 9.29. The molecule has 0 radical (unpaired) electrons. The molecule has 0 aliphatic carbocycles.